The third kappa shape index (κ3) is 3.89. The van der Waals surface area contributed by atoms with Crippen LogP contribution in [0.4, 0.5) is 4.39 Å². The molecule has 0 aliphatic heterocycles. The maximum atomic E-state index is 13.4. The van der Waals surface area contributed by atoms with Crippen LogP contribution in [0.1, 0.15) is 47.8 Å². The maximum Gasteiger partial charge on any atom is 0.272 e. The van der Waals surface area contributed by atoms with E-state index in [1.165, 1.54) is 16.5 Å². The van der Waals surface area contributed by atoms with E-state index < -0.39 is 15.7 Å². The summed E-state index contributed by atoms with van der Waals surface area (Å²) >= 11 is 0. The molecule has 1 aliphatic rings. The van der Waals surface area contributed by atoms with Crippen molar-refractivity contribution < 1.29 is 17.6 Å². The van der Waals surface area contributed by atoms with Crippen molar-refractivity contribution in [1.29, 1.82) is 0 Å². The fraction of sp³-hybridized carbons (Fsp3) is 0.333. The zero-order valence-corrected chi connectivity index (χ0v) is 16.8. The predicted molar refractivity (Wildman–Crippen MR) is 107 cm³/mol. The predicted octanol–water partition coefficient (Wildman–Crippen LogP) is 3.54. The number of rotatable bonds is 5. The van der Waals surface area contributed by atoms with Crippen LogP contribution in [0.3, 0.4) is 0 Å². The maximum absolute atomic E-state index is 13.4. The van der Waals surface area contributed by atoms with Gasteiger partial charge < -0.3 is 5.32 Å². The number of nitrogens with zero attached hydrogens (tertiary/aromatic N) is 2. The van der Waals surface area contributed by atoms with Crippen LogP contribution in [0.25, 0.3) is 5.52 Å². The molecule has 8 heteroatoms. The summed E-state index contributed by atoms with van der Waals surface area (Å²) in [4.78, 5) is 17.3. The Kier molecular flexibility index (Phi) is 5.12. The molecule has 1 saturated carbocycles. The van der Waals surface area contributed by atoms with Gasteiger partial charge in [0.1, 0.15) is 5.82 Å². The number of sulfone groups is 1. The Morgan fingerprint density at radius 3 is 2.52 bits per heavy atom. The monoisotopic (exact) mass is 415 g/mol. The quantitative estimate of drug-likeness (QED) is 0.691. The molecule has 2 aromatic heterocycles. The molecule has 1 fully saturated rings. The Morgan fingerprint density at radius 2 is 1.86 bits per heavy atom. The Morgan fingerprint density at radius 1 is 1.17 bits per heavy atom. The molecule has 29 heavy (non-hydrogen) atoms. The highest BCUT2D eigenvalue weighted by atomic mass is 32.2. The Balaban J connectivity index is 1.72. The van der Waals surface area contributed by atoms with Crippen LogP contribution in [0.2, 0.25) is 0 Å². The molecule has 4 rings (SSSR count). The molecule has 6 nitrogen and oxygen atoms in total. The minimum absolute atomic E-state index is 0.0659. The van der Waals surface area contributed by atoms with E-state index in [1.807, 2.05) is 0 Å². The van der Waals surface area contributed by atoms with E-state index in [1.54, 1.807) is 36.5 Å². The molecule has 1 aliphatic carbocycles. The Labute approximate surface area is 168 Å². The summed E-state index contributed by atoms with van der Waals surface area (Å²) in [5, 5.41) is 2.87. The van der Waals surface area contributed by atoms with Crippen LogP contribution in [0.5, 0.6) is 0 Å². The smallest absolute Gasteiger partial charge is 0.272 e. The first-order valence-electron chi connectivity index (χ1n) is 9.58. The van der Waals surface area contributed by atoms with Crippen LogP contribution in [-0.4, -0.2) is 30.0 Å². The molecule has 1 unspecified atom stereocenters. The van der Waals surface area contributed by atoms with Crippen molar-refractivity contribution in [3.05, 3.63) is 65.7 Å². The number of pyridine rings is 1. The second-order valence-electron chi connectivity index (χ2n) is 7.52. The van der Waals surface area contributed by atoms with E-state index in [-0.39, 0.29) is 28.6 Å². The summed E-state index contributed by atoms with van der Waals surface area (Å²) in [5.74, 6) is -0.527. The number of imidazole rings is 1. The van der Waals surface area contributed by atoms with Crippen LogP contribution in [0.15, 0.2) is 53.8 Å². The third-order valence-corrected chi connectivity index (χ3v) is 6.40. The molecule has 2 heterocycles. The van der Waals surface area contributed by atoms with Gasteiger partial charge in [-0.2, -0.15) is 0 Å². The van der Waals surface area contributed by atoms with E-state index >= 15 is 0 Å². The highest BCUT2D eigenvalue weighted by Crippen LogP contribution is 2.36. The van der Waals surface area contributed by atoms with E-state index in [4.69, 9.17) is 0 Å². The van der Waals surface area contributed by atoms with Crippen LogP contribution >= 0.6 is 0 Å². The van der Waals surface area contributed by atoms with Gasteiger partial charge in [-0.1, -0.05) is 31.0 Å². The van der Waals surface area contributed by atoms with Gasteiger partial charge in [0.15, 0.2) is 5.69 Å². The van der Waals surface area contributed by atoms with Crippen molar-refractivity contribution in [2.75, 3.05) is 6.26 Å². The second-order valence-corrected chi connectivity index (χ2v) is 9.43. The standard InChI is InChI=1S/C21H22FN3O3S/c1-29(27,28)21-24-19(17-8-4-5-13-25(17)21)20(26)23-18(14-6-2-3-7-14)15-9-11-16(22)12-10-15/h4-5,8-14,18H,2-3,6-7H2,1H3,(H,23,26). The van der Waals surface area contributed by atoms with Crippen LogP contribution in [-0.2, 0) is 9.84 Å². The average molecular weight is 415 g/mol. The molecular weight excluding hydrogens is 393 g/mol. The minimum Gasteiger partial charge on any atom is -0.344 e. The van der Waals surface area contributed by atoms with Gasteiger partial charge >= 0.3 is 0 Å². The van der Waals surface area contributed by atoms with Crippen molar-refractivity contribution in [2.24, 2.45) is 5.92 Å². The molecule has 152 valence electrons. The first-order chi connectivity index (χ1) is 13.8. The number of fused-ring (bicyclic) bond motifs is 1. The number of benzene rings is 1. The number of carbonyl (C=O) groups excluding carboxylic acids is 1. The van der Waals surface area contributed by atoms with E-state index in [0.29, 0.717) is 5.52 Å². The molecule has 0 radical (unpaired) electrons. The first kappa shape index (κ1) is 19.6. The number of aromatic nitrogens is 2. The van der Waals surface area contributed by atoms with E-state index in [2.05, 4.69) is 10.3 Å². The molecule has 0 spiro atoms. The largest absolute Gasteiger partial charge is 0.344 e. The number of carbonyl (C=O) groups is 1. The number of nitrogens with one attached hydrogen (secondary N) is 1. The van der Waals surface area contributed by atoms with Gasteiger partial charge in [-0.05, 0) is 48.6 Å². The van der Waals surface area contributed by atoms with Gasteiger partial charge in [-0.25, -0.2) is 17.8 Å². The zero-order chi connectivity index (χ0) is 20.6. The second kappa shape index (κ2) is 7.59. The van der Waals surface area contributed by atoms with E-state index in [0.717, 1.165) is 37.5 Å². The zero-order valence-electron chi connectivity index (χ0n) is 16.0. The molecule has 1 N–H and O–H groups in total. The summed E-state index contributed by atoms with van der Waals surface area (Å²) < 4.78 is 39.0. The van der Waals surface area contributed by atoms with Crippen LogP contribution < -0.4 is 5.32 Å². The van der Waals surface area contributed by atoms with Gasteiger partial charge in [0.2, 0.25) is 15.0 Å². The lowest BCUT2D eigenvalue weighted by Crippen LogP contribution is -2.33. The lowest BCUT2D eigenvalue weighted by molar-refractivity contribution is 0.0918. The first-order valence-corrected chi connectivity index (χ1v) is 11.5. The van der Waals surface area contributed by atoms with Gasteiger partial charge in [0, 0.05) is 12.5 Å². The van der Waals surface area contributed by atoms with Crippen molar-refractivity contribution in [3.8, 4) is 0 Å². The molecule has 1 atom stereocenters. The van der Waals surface area contributed by atoms with E-state index in [9.17, 15) is 17.6 Å². The average Bonchev–Trinajstić information content (AvgIpc) is 3.34. The van der Waals surface area contributed by atoms with Gasteiger partial charge in [-0.3, -0.25) is 9.20 Å². The van der Waals surface area contributed by atoms with Gasteiger partial charge in [-0.15, -0.1) is 0 Å². The third-order valence-electron chi connectivity index (χ3n) is 5.45. The van der Waals surface area contributed by atoms with Crippen LogP contribution in [0, 0.1) is 11.7 Å². The van der Waals surface area contributed by atoms with Gasteiger partial charge in [0.25, 0.3) is 5.91 Å². The molecule has 0 bridgehead atoms. The fourth-order valence-electron chi connectivity index (χ4n) is 4.08. The molecule has 3 aromatic rings. The molecular formula is C21H22FN3O3S. The van der Waals surface area contributed by atoms with Crippen molar-refractivity contribution >= 4 is 21.3 Å². The summed E-state index contributed by atoms with van der Waals surface area (Å²) in [6, 6.07) is 10.9. The SMILES string of the molecule is CS(=O)(=O)c1nc(C(=O)NC(c2ccc(F)cc2)C2CCCC2)c2ccccn12. The highest BCUT2D eigenvalue weighted by Gasteiger charge is 2.30. The summed E-state index contributed by atoms with van der Waals surface area (Å²) in [5.41, 5.74) is 1.32. The summed E-state index contributed by atoms with van der Waals surface area (Å²) in [6.07, 6.45) is 6.76. The van der Waals surface area contributed by atoms with Gasteiger partial charge in [0.05, 0.1) is 11.6 Å². The number of hydrogen-bond acceptors (Lipinski definition) is 4. The topological polar surface area (TPSA) is 80.5 Å². The normalized spacial score (nSPS) is 16.2. The lowest BCUT2D eigenvalue weighted by atomic mass is 9.91. The number of amides is 1. The highest BCUT2D eigenvalue weighted by molar-refractivity contribution is 7.90. The number of halogens is 1. The lowest BCUT2D eigenvalue weighted by Gasteiger charge is -2.25. The Bertz CT molecular complexity index is 1150. The van der Waals surface area contributed by atoms with Crippen molar-refractivity contribution in [1.82, 2.24) is 14.7 Å². The molecule has 1 aromatic carbocycles. The molecule has 0 saturated heterocycles. The number of hydrogen-bond donors (Lipinski definition) is 1. The fourth-order valence-corrected chi connectivity index (χ4v) is 4.86. The Hall–Kier alpha value is -2.74. The van der Waals surface area contributed by atoms with Crippen molar-refractivity contribution in [2.45, 2.75) is 36.9 Å². The minimum atomic E-state index is -3.61. The molecule has 1 amide bonds. The summed E-state index contributed by atoms with van der Waals surface area (Å²) in [7, 11) is -3.61. The van der Waals surface area contributed by atoms with Crippen molar-refractivity contribution in [3.63, 3.8) is 0 Å². The summed E-state index contributed by atoms with van der Waals surface area (Å²) in [6.45, 7) is 0.